The van der Waals surface area contributed by atoms with Gasteiger partial charge in [-0.15, -0.1) is 0 Å². The molecule has 0 amide bonds. The molecule has 0 aromatic carbocycles. The van der Waals surface area contributed by atoms with E-state index in [9.17, 15) is 9.59 Å². The fraction of sp³-hybridized carbons (Fsp3) is 0.750. The summed E-state index contributed by atoms with van der Waals surface area (Å²) < 4.78 is 4.46. The molecule has 4 N–H and O–H groups in total. The van der Waals surface area contributed by atoms with Gasteiger partial charge in [0.25, 0.3) is 0 Å². The molecule has 7 heteroatoms. The Labute approximate surface area is 85.9 Å². The van der Waals surface area contributed by atoms with E-state index in [4.69, 9.17) is 20.4 Å². The maximum absolute atomic E-state index is 11.3. The largest absolute Gasteiger partial charge is 0.479 e. The van der Waals surface area contributed by atoms with Crippen LogP contribution in [0.3, 0.4) is 0 Å². The van der Waals surface area contributed by atoms with Gasteiger partial charge in [-0.2, -0.15) is 0 Å². The molecule has 0 radical (unpaired) electrons. The third kappa shape index (κ3) is 3.56. The predicted octanol–water partition coefficient (Wildman–Crippen LogP) is -2.24. The first-order valence-corrected chi connectivity index (χ1v) is 4.16. The molecule has 0 aliphatic heterocycles. The lowest BCUT2D eigenvalue weighted by Gasteiger charge is -2.21. The van der Waals surface area contributed by atoms with Crippen LogP contribution in [0.2, 0.25) is 0 Å². The van der Waals surface area contributed by atoms with E-state index in [1.807, 2.05) is 0 Å². The second kappa shape index (κ2) is 5.76. The molecule has 0 saturated heterocycles. The summed E-state index contributed by atoms with van der Waals surface area (Å²) in [4.78, 5) is 21.7. The standard InChI is InChI=1S/C8H14O7/c1-3(9)4(10)5(11)7(15-2)6(12)8(13)14/h3-4,6-7,9-10,12H,1-2H3,(H,13,14)/t3?,4-,6-,7-/m0/s1. The van der Waals surface area contributed by atoms with Crippen molar-refractivity contribution in [2.24, 2.45) is 0 Å². The van der Waals surface area contributed by atoms with Crippen molar-refractivity contribution in [1.82, 2.24) is 0 Å². The predicted molar refractivity (Wildman–Crippen MR) is 47.1 cm³/mol. The van der Waals surface area contributed by atoms with Crippen LogP contribution in [0.4, 0.5) is 0 Å². The molecule has 0 rings (SSSR count). The lowest BCUT2D eigenvalue weighted by atomic mass is 10.0. The molecule has 15 heavy (non-hydrogen) atoms. The molecule has 0 heterocycles. The maximum atomic E-state index is 11.3. The van der Waals surface area contributed by atoms with E-state index in [-0.39, 0.29) is 0 Å². The topological polar surface area (TPSA) is 124 Å². The van der Waals surface area contributed by atoms with Crippen LogP contribution in [0.25, 0.3) is 0 Å². The molecule has 0 aromatic heterocycles. The van der Waals surface area contributed by atoms with E-state index in [1.165, 1.54) is 0 Å². The molecule has 88 valence electrons. The molecule has 1 unspecified atom stereocenters. The molecular formula is C8H14O7. The number of Topliss-reactive ketones (excluding diaryl/α,β-unsaturated/α-hetero) is 1. The Kier molecular flexibility index (Phi) is 5.37. The lowest BCUT2D eigenvalue weighted by Crippen LogP contribution is -2.48. The number of methoxy groups -OCH3 is 1. The van der Waals surface area contributed by atoms with Gasteiger partial charge in [0.05, 0.1) is 6.10 Å². The van der Waals surface area contributed by atoms with Crippen LogP contribution < -0.4 is 0 Å². The van der Waals surface area contributed by atoms with Gasteiger partial charge in [-0.1, -0.05) is 0 Å². The Morgan fingerprint density at radius 2 is 1.60 bits per heavy atom. The Morgan fingerprint density at radius 1 is 1.13 bits per heavy atom. The molecule has 0 saturated carbocycles. The first-order chi connectivity index (χ1) is 6.82. The number of aliphatic hydroxyl groups is 3. The first-order valence-electron chi connectivity index (χ1n) is 4.16. The van der Waals surface area contributed by atoms with E-state index in [0.717, 1.165) is 14.0 Å². The van der Waals surface area contributed by atoms with Crippen molar-refractivity contribution in [2.75, 3.05) is 7.11 Å². The molecule has 7 nitrogen and oxygen atoms in total. The zero-order chi connectivity index (χ0) is 12.2. The van der Waals surface area contributed by atoms with Crippen molar-refractivity contribution < 1.29 is 34.8 Å². The minimum atomic E-state index is -2.07. The van der Waals surface area contributed by atoms with Crippen molar-refractivity contribution in [1.29, 1.82) is 0 Å². The number of hydrogen-bond donors (Lipinski definition) is 4. The van der Waals surface area contributed by atoms with E-state index < -0.39 is 36.2 Å². The molecule has 4 atom stereocenters. The fourth-order valence-electron chi connectivity index (χ4n) is 0.936. The number of rotatable bonds is 6. The summed E-state index contributed by atoms with van der Waals surface area (Å²) >= 11 is 0. The quantitative estimate of drug-likeness (QED) is 0.400. The number of aliphatic carboxylic acids is 1. The number of hydrogen-bond acceptors (Lipinski definition) is 6. The Balaban J connectivity index is 4.68. The highest BCUT2D eigenvalue weighted by Gasteiger charge is 2.37. The second-order valence-corrected chi connectivity index (χ2v) is 3.03. The third-order valence-corrected chi connectivity index (χ3v) is 1.82. The smallest absolute Gasteiger partial charge is 0.335 e. The van der Waals surface area contributed by atoms with Gasteiger partial charge in [0.1, 0.15) is 6.10 Å². The van der Waals surface area contributed by atoms with Crippen molar-refractivity contribution in [3.05, 3.63) is 0 Å². The Morgan fingerprint density at radius 3 is 1.87 bits per heavy atom. The van der Waals surface area contributed by atoms with Crippen LogP contribution in [0.5, 0.6) is 0 Å². The minimum absolute atomic E-state index is 1.02. The van der Waals surface area contributed by atoms with Crippen LogP contribution in [0.1, 0.15) is 6.92 Å². The number of ketones is 1. The van der Waals surface area contributed by atoms with E-state index >= 15 is 0 Å². The number of ether oxygens (including phenoxy) is 1. The van der Waals surface area contributed by atoms with Crippen molar-refractivity contribution >= 4 is 11.8 Å². The number of carboxylic acids is 1. The van der Waals surface area contributed by atoms with Crippen molar-refractivity contribution in [3.63, 3.8) is 0 Å². The summed E-state index contributed by atoms with van der Waals surface area (Å²) in [5.74, 6) is -2.73. The third-order valence-electron chi connectivity index (χ3n) is 1.82. The molecule has 0 aliphatic carbocycles. The average molecular weight is 222 g/mol. The fourth-order valence-corrected chi connectivity index (χ4v) is 0.936. The Hall–Kier alpha value is -1.02. The SMILES string of the molecule is CO[C@@H](C(=O)[C@@H](O)C(C)O)[C@H](O)C(=O)O. The summed E-state index contributed by atoms with van der Waals surface area (Å²) in [6, 6.07) is 0. The summed E-state index contributed by atoms with van der Waals surface area (Å²) in [7, 11) is 1.02. The monoisotopic (exact) mass is 222 g/mol. The normalized spacial score (nSPS) is 19.0. The highest BCUT2D eigenvalue weighted by atomic mass is 16.5. The van der Waals surface area contributed by atoms with Crippen LogP contribution >= 0.6 is 0 Å². The lowest BCUT2D eigenvalue weighted by molar-refractivity contribution is -0.164. The van der Waals surface area contributed by atoms with Gasteiger partial charge in [-0.05, 0) is 6.92 Å². The highest BCUT2D eigenvalue weighted by molar-refractivity contribution is 5.92. The molecule has 0 aliphatic rings. The summed E-state index contributed by atoms with van der Waals surface area (Å²) in [5.41, 5.74) is 0. The molecule has 0 bridgehead atoms. The average Bonchev–Trinajstić information content (AvgIpc) is 2.16. The van der Waals surface area contributed by atoms with E-state index in [2.05, 4.69) is 4.74 Å². The molecule has 0 spiro atoms. The van der Waals surface area contributed by atoms with E-state index in [0.29, 0.717) is 0 Å². The second-order valence-electron chi connectivity index (χ2n) is 3.03. The van der Waals surface area contributed by atoms with Gasteiger partial charge >= 0.3 is 5.97 Å². The summed E-state index contributed by atoms with van der Waals surface area (Å²) in [6.45, 7) is 1.16. The number of carbonyl (C=O) groups is 2. The highest BCUT2D eigenvalue weighted by Crippen LogP contribution is 2.06. The zero-order valence-corrected chi connectivity index (χ0v) is 8.32. The molecule has 0 fully saturated rings. The number of carboxylic acid groups (broad SMARTS) is 1. The molecular weight excluding hydrogens is 208 g/mol. The zero-order valence-electron chi connectivity index (χ0n) is 8.32. The minimum Gasteiger partial charge on any atom is -0.479 e. The van der Waals surface area contributed by atoms with Crippen LogP contribution in [0.15, 0.2) is 0 Å². The van der Waals surface area contributed by atoms with Crippen molar-refractivity contribution in [2.45, 2.75) is 31.3 Å². The van der Waals surface area contributed by atoms with Gasteiger partial charge in [-0.3, -0.25) is 4.79 Å². The van der Waals surface area contributed by atoms with Crippen LogP contribution in [-0.2, 0) is 14.3 Å². The number of carbonyl (C=O) groups excluding carboxylic acids is 1. The van der Waals surface area contributed by atoms with Gasteiger partial charge in [0.2, 0.25) is 0 Å². The summed E-state index contributed by atoms with van der Waals surface area (Å²) in [5, 5.41) is 35.5. The van der Waals surface area contributed by atoms with Gasteiger partial charge in [0.15, 0.2) is 18.0 Å². The van der Waals surface area contributed by atoms with Crippen molar-refractivity contribution in [3.8, 4) is 0 Å². The first kappa shape index (κ1) is 14.0. The molecule has 0 aromatic rings. The van der Waals surface area contributed by atoms with Crippen LogP contribution in [0, 0.1) is 0 Å². The van der Waals surface area contributed by atoms with E-state index in [1.54, 1.807) is 0 Å². The van der Waals surface area contributed by atoms with Gasteiger partial charge in [-0.25, -0.2) is 4.79 Å². The maximum Gasteiger partial charge on any atom is 0.335 e. The number of aliphatic hydroxyl groups excluding tert-OH is 3. The summed E-state index contributed by atoms with van der Waals surface area (Å²) in [6.07, 6.45) is -6.93. The van der Waals surface area contributed by atoms with Crippen LogP contribution in [-0.4, -0.2) is 63.7 Å². The van der Waals surface area contributed by atoms with Gasteiger partial charge in [0, 0.05) is 7.11 Å². The Bertz CT molecular complexity index is 237. The van der Waals surface area contributed by atoms with Gasteiger partial charge < -0.3 is 25.2 Å².